The van der Waals surface area contributed by atoms with E-state index in [0.29, 0.717) is 37.4 Å². The molecule has 9 heteroatoms. The number of ether oxygens (including phenoxy) is 1. The average molecular weight is 505 g/mol. The number of benzene rings is 3. The molecule has 186 valence electrons. The van der Waals surface area contributed by atoms with Crippen LogP contribution >= 0.6 is 0 Å². The van der Waals surface area contributed by atoms with Gasteiger partial charge in [-0.05, 0) is 47.9 Å². The molecule has 0 spiro atoms. The lowest BCUT2D eigenvalue weighted by Gasteiger charge is -2.34. The summed E-state index contributed by atoms with van der Waals surface area (Å²) in [7, 11) is -3.78. The van der Waals surface area contributed by atoms with Crippen LogP contribution in [0.4, 0.5) is 13.2 Å². The molecule has 0 saturated carbocycles. The summed E-state index contributed by atoms with van der Waals surface area (Å²) in [5.41, 5.74) is 1.84. The minimum Gasteiger partial charge on any atom is -0.367 e. The first kappa shape index (κ1) is 25.4. The highest BCUT2D eigenvalue weighted by Crippen LogP contribution is 2.27. The molecule has 0 unspecified atom stereocenters. The lowest BCUT2D eigenvalue weighted by molar-refractivity contribution is 0.0525. The minimum atomic E-state index is -3.78. The Hall–Kier alpha value is -2.72. The first-order valence-corrected chi connectivity index (χ1v) is 12.8. The van der Waals surface area contributed by atoms with Gasteiger partial charge < -0.3 is 4.74 Å². The number of piperazine rings is 1. The lowest BCUT2D eigenvalue weighted by Crippen LogP contribution is -2.49. The number of rotatable bonds is 8. The zero-order chi connectivity index (χ0) is 25.0. The van der Waals surface area contributed by atoms with E-state index in [2.05, 4.69) is 4.90 Å². The molecule has 0 N–H and O–H groups in total. The van der Waals surface area contributed by atoms with Gasteiger partial charge in [0.1, 0.15) is 11.9 Å². The summed E-state index contributed by atoms with van der Waals surface area (Å²) in [6, 6.07) is 16.8. The topological polar surface area (TPSA) is 49.9 Å². The van der Waals surface area contributed by atoms with E-state index in [1.807, 2.05) is 30.3 Å². The maximum Gasteiger partial charge on any atom is 0.243 e. The van der Waals surface area contributed by atoms with E-state index in [4.69, 9.17) is 4.74 Å². The van der Waals surface area contributed by atoms with Gasteiger partial charge in [0.25, 0.3) is 0 Å². The second-order valence-corrected chi connectivity index (χ2v) is 10.4. The van der Waals surface area contributed by atoms with Crippen molar-refractivity contribution in [1.29, 1.82) is 0 Å². The highest BCUT2D eigenvalue weighted by molar-refractivity contribution is 7.89. The van der Waals surface area contributed by atoms with Gasteiger partial charge in [0, 0.05) is 32.7 Å². The highest BCUT2D eigenvalue weighted by Gasteiger charge is 2.30. The van der Waals surface area contributed by atoms with E-state index in [1.165, 1.54) is 22.5 Å². The first-order chi connectivity index (χ1) is 16.8. The van der Waals surface area contributed by atoms with Crippen LogP contribution in [0.1, 0.15) is 22.8 Å². The fourth-order valence-electron chi connectivity index (χ4n) is 4.17. The molecule has 35 heavy (non-hydrogen) atoms. The quantitative estimate of drug-likeness (QED) is 0.453. The molecule has 0 aromatic heterocycles. The zero-order valence-corrected chi connectivity index (χ0v) is 20.1. The summed E-state index contributed by atoms with van der Waals surface area (Å²) >= 11 is 0. The summed E-state index contributed by atoms with van der Waals surface area (Å²) in [5, 5.41) is 0. The van der Waals surface area contributed by atoms with Crippen LogP contribution in [0.25, 0.3) is 0 Å². The normalized spacial score (nSPS) is 16.3. The Morgan fingerprint density at radius 2 is 1.57 bits per heavy atom. The van der Waals surface area contributed by atoms with E-state index in [-0.39, 0.29) is 18.0 Å². The molecule has 1 fully saturated rings. The van der Waals surface area contributed by atoms with Gasteiger partial charge in [-0.15, -0.1) is 0 Å². The largest absolute Gasteiger partial charge is 0.367 e. The zero-order valence-electron chi connectivity index (χ0n) is 19.3. The molecule has 1 aliphatic heterocycles. The SMILES string of the molecule is Cc1ccc(F)cc1S(=O)(=O)N1CCN(CCO[C@@H](c2ccccc2)c2ccc(F)c(F)c2)CC1. The Bertz CT molecular complexity index is 1260. The van der Waals surface area contributed by atoms with Gasteiger partial charge in [-0.3, -0.25) is 4.90 Å². The summed E-state index contributed by atoms with van der Waals surface area (Å²) < 4.78 is 74.4. The van der Waals surface area contributed by atoms with Crippen LogP contribution < -0.4 is 0 Å². The number of aryl methyl sites for hydroxylation is 1. The van der Waals surface area contributed by atoms with E-state index in [0.717, 1.165) is 23.8 Å². The molecule has 4 rings (SSSR count). The van der Waals surface area contributed by atoms with Crippen LogP contribution in [-0.2, 0) is 14.8 Å². The third-order valence-electron chi connectivity index (χ3n) is 6.14. The maximum absolute atomic E-state index is 13.9. The van der Waals surface area contributed by atoms with E-state index in [1.54, 1.807) is 6.92 Å². The van der Waals surface area contributed by atoms with Gasteiger partial charge in [0.15, 0.2) is 11.6 Å². The standard InChI is InChI=1S/C26H27F3N2O3S/c1-19-7-9-22(27)18-25(19)35(32,33)31-13-11-30(12-14-31)15-16-34-26(20-5-3-2-4-6-20)21-8-10-23(28)24(29)17-21/h2-10,17-18,26H,11-16H2,1H3/t26-/m0/s1. The van der Waals surface area contributed by atoms with Crippen LogP contribution in [0.3, 0.4) is 0 Å². The van der Waals surface area contributed by atoms with Crippen molar-refractivity contribution in [2.24, 2.45) is 0 Å². The van der Waals surface area contributed by atoms with Gasteiger partial charge >= 0.3 is 0 Å². The van der Waals surface area contributed by atoms with Crippen molar-refractivity contribution in [3.8, 4) is 0 Å². The van der Waals surface area contributed by atoms with Gasteiger partial charge in [-0.2, -0.15) is 4.31 Å². The molecule has 0 bridgehead atoms. The van der Waals surface area contributed by atoms with Crippen LogP contribution in [-0.4, -0.2) is 57.0 Å². The minimum absolute atomic E-state index is 0.00786. The van der Waals surface area contributed by atoms with Crippen LogP contribution in [0.5, 0.6) is 0 Å². The molecule has 1 aliphatic rings. The lowest BCUT2D eigenvalue weighted by atomic mass is 10.0. The van der Waals surface area contributed by atoms with Crippen molar-refractivity contribution in [2.75, 3.05) is 39.3 Å². The van der Waals surface area contributed by atoms with E-state index in [9.17, 15) is 21.6 Å². The molecule has 5 nitrogen and oxygen atoms in total. The predicted octanol–water partition coefficient (Wildman–Crippen LogP) is 4.52. The van der Waals surface area contributed by atoms with Crippen molar-refractivity contribution >= 4 is 10.0 Å². The van der Waals surface area contributed by atoms with Crippen molar-refractivity contribution in [3.63, 3.8) is 0 Å². The Balaban J connectivity index is 1.37. The third-order valence-corrected chi connectivity index (χ3v) is 8.18. The molecule has 3 aromatic rings. The third kappa shape index (κ3) is 5.92. The monoisotopic (exact) mass is 504 g/mol. The Morgan fingerprint density at radius 3 is 2.26 bits per heavy atom. The molecular weight excluding hydrogens is 477 g/mol. The Kier molecular flexibility index (Phi) is 7.91. The number of nitrogens with zero attached hydrogens (tertiary/aromatic N) is 2. The Morgan fingerprint density at radius 1 is 0.857 bits per heavy atom. The second kappa shape index (κ2) is 10.9. The second-order valence-electron chi connectivity index (χ2n) is 8.49. The first-order valence-electron chi connectivity index (χ1n) is 11.4. The van der Waals surface area contributed by atoms with Crippen molar-refractivity contribution in [3.05, 3.63) is 101 Å². The van der Waals surface area contributed by atoms with E-state index < -0.39 is 33.6 Å². The van der Waals surface area contributed by atoms with Gasteiger partial charge in [-0.1, -0.05) is 42.5 Å². The molecule has 1 heterocycles. The highest BCUT2D eigenvalue weighted by atomic mass is 32.2. The predicted molar refractivity (Wildman–Crippen MR) is 127 cm³/mol. The van der Waals surface area contributed by atoms with Gasteiger partial charge in [0.2, 0.25) is 10.0 Å². The molecule has 3 aromatic carbocycles. The molecule has 0 radical (unpaired) electrons. The fourth-order valence-corrected chi connectivity index (χ4v) is 5.83. The fraction of sp³-hybridized carbons (Fsp3) is 0.308. The molecule has 0 amide bonds. The summed E-state index contributed by atoms with van der Waals surface area (Å²) in [4.78, 5) is 2.07. The average Bonchev–Trinajstić information content (AvgIpc) is 2.86. The molecule has 1 atom stereocenters. The summed E-state index contributed by atoms with van der Waals surface area (Å²) in [5.74, 6) is -2.43. The Labute approximate surface area is 203 Å². The number of hydrogen-bond acceptors (Lipinski definition) is 4. The van der Waals surface area contributed by atoms with Crippen molar-refractivity contribution < 1.29 is 26.3 Å². The summed E-state index contributed by atoms with van der Waals surface area (Å²) in [6.07, 6.45) is -0.566. The number of sulfonamides is 1. The smallest absolute Gasteiger partial charge is 0.243 e. The maximum atomic E-state index is 13.9. The van der Waals surface area contributed by atoms with Crippen LogP contribution in [0.15, 0.2) is 71.6 Å². The van der Waals surface area contributed by atoms with Gasteiger partial charge in [-0.25, -0.2) is 21.6 Å². The van der Waals surface area contributed by atoms with Gasteiger partial charge in [0.05, 0.1) is 11.5 Å². The molecule has 0 aliphatic carbocycles. The molecular formula is C26H27F3N2O3S. The number of halogens is 3. The molecule has 1 saturated heterocycles. The summed E-state index contributed by atoms with van der Waals surface area (Å²) in [6.45, 7) is 4.06. The van der Waals surface area contributed by atoms with Crippen molar-refractivity contribution in [1.82, 2.24) is 9.21 Å². The van der Waals surface area contributed by atoms with E-state index >= 15 is 0 Å². The number of hydrogen-bond donors (Lipinski definition) is 0. The van der Waals surface area contributed by atoms with Crippen LogP contribution in [0, 0.1) is 24.4 Å². The van der Waals surface area contributed by atoms with Crippen molar-refractivity contribution in [2.45, 2.75) is 17.9 Å². The van der Waals surface area contributed by atoms with Crippen LogP contribution in [0.2, 0.25) is 0 Å².